The lowest BCUT2D eigenvalue weighted by Gasteiger charge is -2.08. The standard InChI is InChI=1S/C9H12N4O/c1-4-5(2)12-7-6(11-4)8(10)13-9(7)14-3/h9H,1-3H3,(H2,10,13). The summed E-state index contributed by atoms with van der Waals surface area (Å²) in [6.07, 6.45) is -0.329. The van der Waals surface area contributed by atoms with Crippen molar-refractivity contribution < 1.29 is 4.74 Å². The van der Waals surface area contributed by atoms with Gasteiger partial charge in [0.25, 0.3) is 0 Å². The molecule has 1 aromatic rings. The number of nitrogens with one attached hydrogen (secondary N) is 2. The third kappa shape index (κ3) is 1.17. The summed E-state index contributed by atoms with van der Waals surface area (Å²) in [6.45, 7) is 3.79. The highest BCUT2D eigenvalue weighted by molar-refractivity contribution is 5.98. The molecule has 0 bridgehead atoms. The zero-order valence-electron chi connectivity index (χ0n) is 8.38. The normalized spacial score (nSPS) is 19.4. The van der Waals surface area contributed by atoms with E-state index in [1.165, 1.54) is 0 Å². The van der Waals surface area contributed by atoms with Crippen molar-refractivity contribution in [2.45, 2.75) is 20.1 Å². The maximum absolute atomic E-state index is 7.64. The molecule has 2 heterocycles. The van der Waals surface area contributed by atoms with Crippen LogP contribution < -0.4 is 5.32 Å². The molecule has 1 aliphatic rings. The van der Waals surface area contributed by atoms with Crippen LogP contribution in [0.15, 0.2) is 0 Å². The SMILES string of the molecule is COC1NC(=N)c2nc(C)c(C)nc21. The lowest BCUT2D eigenvalue weighted by molar-refractivity contribution is 0.0921. The van der Waals surface area contributed by atoms with Gasteiger partial charge in [0.2, 0.25) is 0 Å². The van der Waals surface area contributed by atoms with Gasteiger partial charge in [0, 0.05) is 7.11 Å². The molecule has 0 aliphatic carbocycles. The van der Waals surface area contributed by atoms with Crippen molar-refractivity contribution in [3.05, 3.63) is 22.8 Å². The van der Waals surface area contributed by atoms with Gasteiger partial charge in [0.1, 0.15) is 17.2 Å². The summed E-state index contributed by atoms with van der Waals surface area (Å²) < 4.78 is 5.15. The number of hydrogen-bond acceptors (Lipinski definition) is 4. The molecule has 5 heteroatoms. The molecule has 5 nitrogen and oxygen atoms in total. The number of ether oxygens (including phenoxy) is 1. The van der Waals surface area contributed by atoms with Gasteiger partial charge in [-0.05, 0) is 13.8 Å². The van der Waals surface area contributed by atoms with Gasteiger partial charge in [-0.25, -0.2) is 9.97 Å². The van der Waals surface area contributed by atoms with E-state index in [0.717, 1.165) is 11.4 Å². The molecule has 1 atom stereocenters. The number of rotatable bonds is 1. The Morgan fingerprint density at radius 2 is 1.93 bits per heavy atom. The monoisotopic (exact) mass is 192 g/mol. The van der Waals surface area contributed by atoms with Crippen molar-refractivity contribution in [3.8, 4) is 0 Å². The smallest absolute Gasteiger partial charge is 0.174 e. The Balaban J connectivity index is 2.58. The Morgan fingerprint density at radius 1 is 1.29 bits per heavy atom. The molecule has 0 spiro atoms. The number of aryl methyl sites for hydroxylation is 2. The molecule has 1 unspecified atom stereocenters. The van der Waals surface area contributed by atoms with E-state index in [4.69, 9.17) is 10.1 Å². The number of aromatic nitrogens is 2. The summed E-state index contributed by atoms with van der Waals surface area (Å²) in [4.78, 5) is 8.67. The number of amidine groups is 1. The Morgan fingerprint density at radius 3 is 2.57 bits per heavy atom. The fraction of sp³-hybridized carbons (Fsp3) is 0.444. The van der Waals surface area contributed by atoms with Gasteiger partial charge in [-0.15, -0.1) is 0 Å². The van der Waals surface area contributed by atoms with E-state index in [-0.39, 0.29) is 12.1 Å². The fourth-order valence-electron chi connectivity index (χ4n) is 1.43. The molecule has 0 radical (unpaired) electrons. The second-order valence-electron chi connectivity index (χ2n) is 3.26. The zero-order chi connectivity index (χ0) is 10.3. The lowest BCUT2D eigenvalue weighted by Crippen LogP contribution is -2.20. The molecule has 1 aromatic heterocycles. The molecule has 1 aliphatic heterocycles. The summed E-state index contributed by atoms with van der Waals surface area (Å²) in [6, 6.07) is 0. The molecule has 0 saturated carbocycles. The molecular formula is C9H12N4O. The largest absolute Gasteiger partial charge is 0.356 e. The van der Waals surface area contributed by atoms with Crippen LogP contribution in [0.5, 0.6) is 0 Å². The van der Waals surface area contributed by atoms with Crippen molar-refractivity contribution >= 4 is 5.84 Å². The maximum Gasteiger partial charge on any atom is 0.174 e. The molecule has 0 amide bonds. The van der Waals surface area contributed by atoms with Crippen LogP contribution in [0.1, 0.15) is 29.0 Å². The molecule has 2 N–H and O–H groups in total. The zero-order valence-corrected chi connectivity index (χ0v) is 8.38. The molecule has 2 rings (SSSR count). The molecular weight excluding hydrogens is 180 g/mol. The van der Waals surface area contributed by atoms with Crippen LogP contribution in [-0.2, 0) is 4.74 Å². The van der Waals surface area contributed by atoms with Crippen LogP contribution in [0.4, 0.5) is 0 Å². The Kier molecular flexibility index (Phi) is 1.96. The fourth-order valence-corrected chi connectivity index (χ4v) is 1.43. The van der Waals surface area contributed by atoms with E-state index in [2.05, 4.69) is 15.3 Å². The van der Waals surface area contributed by atoms with Crippen molar-refractivity contribution in [1.29, 1.82) is 5.41 Å². The number of nitrogens with zero attached hydrogens (tertiary/aromatic N) is 2. The third-order valence-electron chi connectivity index (χ3n) is 2.33. The summed E-state index contributed by atoms with van der Waals surface area (Å²) in [5, 5.41) is 10.5. The van der Waals surface area contributed by atoms with Crippen LogP contribution in [0.3, 0.4) is 0 Å². The lowest BCUT2D eigenvalue weighted by atomic mass is 10.2. The van der Waals surface area contributed by atoms with Gasteiger partial charge >= 0.3 is 0 Å². The van der Waals surface area contributed by atoms with Crippen LogP contribution in [0.2, 0.25) is 0 Å². The minimum Gasteiger partial charge on any atom is -0.356 e. The van der Waals surface area contributed by atoms with Gasteiger partial charge in [-0.2, -0.15) is 0 Å². The van der Waals surface area contributed by atoms with Gasteiger partial charge in [-0.3, -0.25) is 5.41 Å². The predicted molar refractivity (Wildman–Crippen MR) is 51.2 cm³/mol. The highest BCUT2D eigenvalue weighted by Gasteiger charge is 2.29. The summed E-state index contributed by atoms with van der Waals surface area (Å²) in [7, 11) is 1.58. The average molecular weight is 192 g/mol. The van der Waals surface area contributed by atoms with E-state index < -0.39 is 0 Å². The quantitative estimate of drug-likeness (QED) is 0.686. The third-order valence-corrected chi connectivity index (χ3v) is 2.33. The van der Waals surface area contributed by atoms with Gasteiger partial charge in [0.05, 0.1) is 11.4 Å². The molecule has 0 saturated heterocycles. The Hall–Kier alpha value is -1.49. The summed E-state index contributed by atoms with van der Waals surface area (Å²) in [5.41, 5.74) is 3.04. The molecule has 74 valence electrons. The van der Waals surface area contributed by atoms with Gasteiger partial charge in [-0.1, -0.05) is 0 Å². The van der Waals surface area contributed by atoms with Crippen LogP contribution in [-0.4, -0.2) is 22.9 Å². The van der Waals surface area contributed by atoms with E-state index in [1.54, 1.807) is 7.11 Å². The Labute approximate surface area is 82.0 Å². The molecule has 0 aromatic carbocycles. The summed E-state index contributed by atoms with van der Waals surface area (Å²) >= 11 is 0. The summed E-state index contributed by atoms with van der Waals surface area (Å²) in [5.74, 6) is 0.280. The van der Waals surface area contributed by atoms with Crippen molar-refractivity contribution in [2.24, 2.45) is 0 Å². The van der Waals surface area contributed by atoms with Crippen LogP contribution in [0, 0.1) is 19.3 Å². The topological polar surface area (TPSA) is 70.9 Å². The predicted octanol–water partition coefficient (Wildman–Crippen LogP) is 0.667. The van der Waals surface area contributed by atoms with Crippen molar-refractivity contribution in [2.75, 3.05) is 7.11 Å². The number of fused-ring (bicyclic) bond motifs is 1. The van der Waals surface area contributed by atoms with E-state index in [0.29, 0.717) is 11.4 Å². The van der Waals surface area contributed by atoms with Crippen LogP contribution >= 0.6 is 0 Å². The van der Waals surface area contributed by atoms with E-state index >= 15 is 0 Å². The first-order valence-corrected chi connectivity index (χ1v) is 4.37. The number of methoxy groups -OCH3 is 1. The Bertz CT molecular complexity index is 402. The first-order valence-electron chi connectivity index (χ1n) is 4.37. The maximum atomic E-state index is 7.64. The average Bonchev–Trinajstić information content (AvgIpc) is 2.45. The molecule has 0 fully saturated rings. The van der Waals surface area contributed by atoms with Crippen LogP contribution in [0.25, 0.3) is 0 Å². The number of hydrogen-bond donors (Lipinski definition) is 2. The minimum atomic E-state index is -0.329. The van der Waals surface area contributed by atoms with E-state index in [1.807, 2.05) is 13.8 Å². The first-order chi connectivity index (χ1) is 6.63. The highest BCUT2D eigenvalue weighted by atomic mass is 16.5. The van der Waals surface area contributed by atoms with Gasteiger partial charge in [0.15, 0.2) is 6.23 Å². The first kappa shape index (κ1) is 9.08. The second-order valence-corrected chi connectivity index (χ2v) is 3.26. The van der Waals surface area contributed by atoms with E-state index in [9.17, 15) is 0 Å². The highest BCUT2D eigenvalue weighted by Crippen LogP contribution is 2.22. The second kappa shape index (κ2) is 3.02. The van der Waals surface area contributed by atoms with Gasteiger partial charge < -0.3 is 10.1 Å². The molecule has 14 heavy (non-hydrogen) atoms. The van der Waals surface area contributed by atoms with Crippen molar-refractivity contribution in [3.63, 3.8) is 0 Å². The minimum absolute atomic E-state index is 0.280. The van der Waals surface area contributed by atoms with Crippen molar-refractivity contribution in [1.82, 2.24) is 15.3 Å².